The number of hydrogen-bond donors (Lipinski definition) is 3. The minimum atomic E-state index is -0.531. The number of nitrogens with zero attached hydrogens (tertiary/aromatic N) is 3. The molecule has 1 atom stereocenters. The van der Waals surface area contributed by atoms with Crippen LogP contribution < -0.4 is 15.5 Å². The zero-order valence-corrected chi connectivity index (χ0v) is 23.4. The molecule has 1 heterocycles. The molecular weight excluding hydrogens is 494 g/mol. The summed E-state index contributed by atoms with van der Waals surface area (Å²) in [5.74, 6) is 0.519. The van der Waals surface area contributed by atoms with Crippen LogP contribution in [-0.4, -0.2) is 38.7 Å². The van der Waals surface area contributed by atoms with Crippen LogP contribution in [0.2, 0.25) is 0 Å². The third-order valence-corrected chi connectivity index (χ3v) is 6.18. The summed E-state index contributed by atoms with van der Waals surface area (Å²) in [6.45, 7) is 10.1. The van der Waals surface area contributed by atoms with Crippen molar-refractivity contribution in [3.8, 4) is 23.1 Å². The van der Waals surface area contributed by atoms with Gasteiger partial charge < -0.3 is 14.6 Å². The van der Waals surface area contributed by atoms with Crippen LogP contribution in [0, 0.1) is 11.3 Å². The molecule has 3 N–H and O–H groups in total. The van der Waals surface area contributed by atoms with Gasteiger partial charge in [-0.3, -0.25) is 14.8 Å². The molecule has 206 valence electrons. The summed E-state index contributed by atoms with van der Waals surface area (Å²) in [4.78, 5) is 29.6. The lowest BCUT2D eigenvalue weighted by atomic mass is 9.96. The lowest BCUT2D eigenvalue weighted by molar-refractivity contribution is -0.129. The SMILES string of the molecule is CC(C)Oc1ccc(C(=O)N[C@H](CCC(=O)NO)Cc2ccc(-c3cn(C)c(C(C)(C)C)n3)cc2)cc1C#N. The van der Waals surface area contributed by atoms with E-state index in [0.717, 1.165) is 22.6 Å². The van der Waals surface area contributed by atoms with Gasteiger partial charge in [-0.1, -0.05) is 45.0 Å². The van der Waals surface area contributed by atoms with Gasteiger partial charge in [0.25, 0.3) is 5.91 Å². The molecule has 0 aliphatic rings. The van der Waals surface area contributed by atoms with E-state index >= 15 is 0 Å². The van der Waals surface area contributed by atoms with E-state index in [0.29, 0.717) is 24.2 Å². The predicted molar refractivity (Wildman–Crippen MR) is 148 cm³/mol. The number of hydrogen-bond acceptors (Lipinski definition) is 6. The minimum absolute atomic E-state index is 0.0354. The molecule has 0 saturated carbocycles. The molecule has 0 saturated heterocycles. The number of carbonyl (C=O) groups excluding carboxylic acids is 2. The maximum Gasteiger partial charge on any atom is 0.251 e. The van der Waals surface area contributed by atoms with Crippen molar-refractivity contribution in [1.82, 2.24) is 20.3 Å². The van der Waals surface area contributed by atoms with Crippen molar-refractivity contribution in [2.75, 3.05) is 0 Å². The number of hydroxylamine groups is 1. The molecule has 0 unspecified atom stereocenters. The Balaban J connectivity index is 1.77. The van der Waals surface area contributed by atoms with Crippen molar-refractivity contribution in [2.45, 2.75) is 71.4 Å². The lowest BCUT2D eigenvalue weighted by Gasteiger charge is -2.19. The Kier molecular flexibility index (Phi) is 9.49. The molecule has 1 aromatic heterocycles. The first-order valence-corrected chi connectivity index (χ1v) is 13.0. The van der Waals surface area contributed by atoms with E-state index in [4.69, 9.17) is 14.9 Å². The van der Waals surface area contributed by atoms with Gasteiger partial charge in [-0.05, 0) is 50.5 Å². The molecule has 0 fully saturated rings. The third-order valence-electron chi connectivity index (χ3n) is 6.18. The fourth-order valence-corrected chi connectivity index (χ4v) is 4.37. The Morgan fingerprint density at radius 1 is 1.15 bits per heavy atom. The quantitative estimate of drug-likeness (QED) is 0.258. The molecule has 9 nitrogen and oxygen atoms in total. The first kappa shape index (κ1) is 29.4. The zero-order chi connectivity index (χ0) is 28.7. The second-order valence-electron chi connectivity index (χ2n) is 10.9. The van der Waals surface area contributed by atoms with E-state index < -0.39 is 5.91 Å². The average molecular weight is 532 g/mol. The number of rotatable bonds is 10. The highest BCUT2D eigenvalue weighted by Crippen LogP contribution is 2.26. The van der Waals surface area contributed by atoms with Crippen molar-refractivity contribution in [2.24, 2.45) is 7.05 Å². The summed E-state index contributed by atoms with van der Waals surface area (Å²) in [6.07, 6.45) is 2.73. The van der Waals surface area contributed by atoms with Gasteiger partial charge in [0.05, 0.1) is 17.4 Å². The summed E-state index contributed by atoms with van der Waals surface area (Å²) in [6, 6.07) is 14.4. The number of aryl methyl sites for hydroxylation is 1. The van der Waals surface area contributed by atoms with Crippen molar-refractivity contribution in [1.29, 1.82) is 5.26 Å². The molecule has 0 aliphatic carbocycles. The van der Waals surface area contributed by atoms with Crippen molar-refractivity contribution >= 4 is 11.8 Å². The molecule has 2 aromatic carbocycles. The maximum absolute atomic E-state index is 13.1. The van der Waals surface area contributed by atoms with E-state index in [2.05, 4.69) is 32.2 Å². The number of carbonyl (C=O) groups is 2. The molecule has 3 aromatic rings. The van der Waals surface area contributed by atoms with E-state index in [1.54, 1.807) is 17.6 Å². The second-order valence-corrected chi connectivity index (χ2v) is 10.9. The summed E-state index contributed by atoms with van der Waals surface area (Å²) in [7, 11) is 1.99. The molecule has 0 radical (unpaired) electrons. The van der Waals surface area contributed by atoms with Crippen LogP contribution in [0.15, 0.2) is 48.7 Å². The third kappa shape index (κ3) is 7.91. The number of imidazole rings is 1. The predicted octanol–water partition coefficient (Wildman–Crippen LogP) is 4.67. The van der Waals surface area contributed by atoms with Gasteiger partial charge in [0.1, 0.15) is 17.6 Å². The molecule has 0 spiro atoms. The van der Waals surface area contributed by atoms with Crippen molar-refractivity contribution < 1.29 is 19.5 Å². The smallest absolute Gasteiger partial charge is 0.251 e. The van der Waals surface area contributed by atoms with Gasteiger partial charge in [0.2, 0.25) is 5.91 Å². The van der Waals surface area contributed by atoms with Crippen LogP contribution in [0.3, 0.4) is 0 Å². The van der Waals surface area contributed by atoms with Crippen LogP contribution in [0.25, 0.3) is 11.3 Å². The van der Waals surface area contributed by atoms with Gasteiger partial charge in [0, 0.05) is 42.2 Å². The first-order chi connectivity index (χ1) is 18.4. The highest BCUT2D eigenvalue weighted by Gasteiger charge is 2.21. The summed E-state index contributed by atoms with van der Waals surface area (Å²) in [5, 5.41) is 21.4. The molecule has 2 amide bonds. The number of benzene rings is 2. The van der Waals surface area contributed by atoms with Gasteiger partial charge in [-0.25, -0.2) is 10.5 Å². The van der Waals surface area contributed by atoms with E-state index in [1.165, 1.54) is 6.07 Å². The minimum Gasteiger partial charge on any atom is -0.490 e. The van der Waals surface area contributed by atoms with Gasteiger partial charge in [-0.15, -0.1) is 0 Å². The average Bonchev–Trinajstić information content (AvgIpc) is 3.29. The van der Waals surface area contributed by atoms with Crippen molar-refractivity contribution in [3.63, 3.8) is 0 Å². The number of amides is 2. The molecule has 9 heteroatoms. The number of nitriles is 1. The van der Waals surface area contributed by atoms with Crippen LogP contribution in [-0.2, 0) is 23.7 Å². The summed E-state index contributed by atoms with van der Waals surface area (Å²) < 4.78 is 7.69. The first-order valence-electron chi connectivity index (χ1n) is 13.0. The highest BCUT2D eigenvalue weighted by molar-refractivity contribution is 5.95. The van der Waals surface area contributed by atoms with Crippen LogP contribution in [0.1, 0.15) is 74.8 Å². The second kappa shape index (κ2) is 12.6. The fourth-order valence-electron chi connectivity index (χ4n) is 4.37. The Labute approximate surface area is 229 Å². The number of ether oxygens (including phenoxy) is 1. The molecule has 0 aliphatic heterocycles. The van der Waals surface area contributed by atoms with Gasteiger partial charge in [0.15, 0.2) is 0 Å². The fraction of sp³-hybridized carbons (Fsp3) is 0.400. The van der Waals surface area contributed by atoms with E-state index in [1.807, 2.05) is 55.9 Å². The Morgan fingerprint density at radius 2 is 1.85 bits per heavy atom. The molecular formula is C30H37N5O4. The van der Waals surface area contributed by atoms with Crippen LogP contribution in [0.4, 0.5) is 0 Å². The van der Waals surface area contributed by atoms with Crippen LogP contribution in [0.5, 0.6) is 5.75 Å². The highest BCUT2D eigenvalue weighted by atomic mass is 16.5. The standard InChI is InChI=1S/C30H37N5O4/c1-19(2)39-26-13-11-22(16-23(26)17-31)28(37)32-24(12-14-27(36)34-38)15-20-7-9-21(10-8-20)25-18-35(6)29(33-25)30(3,4)5/h7-11,13,16,18-19,24,38H,12,14-15H2,1-6H3,(H,32,37)(H,34,36)/t24-/m1/s1. The maximum atomic E-state index is 13.1. The van der Waals surface area contributed by atoms with Crippen LogP contribution >= 0.6 is 0 Å². The number of nitrogens with one attached hydrogen (secondary N) is 2. The topological polar surface area (TPSA) is 129 Å². The number of aromatic nitrogens is 2. The lowest BCUT2D eigenvalue weighted by Crippen LogP contribution is -2.37. The molecule has 0 bridgehead atoms. The summed E-state index contributed by atoms with van der Waals surface area (Å²) >= 11 is 0. The van der Waals surface area contributed by atoms with Gasteiger partial charge in [-0.2, -0.15) is 5.26 Å². The van der Waals surface area contributed by atoms with E-state index in [9.17, 15) is 14.9 Å². The van der Waals surface area contributed by atoms with Gasteiger partial charge >= 0.3 is 0 Å². The van der Waals surface area contributed by atoms with Crippen molar-refractivity contribution in [3.05, 3.63) is 71.2 Å². The monoisotopic (exact) mass is 531 g/mol. The normalized spacial score (nSPS) is 12.1. The molecule has 39 heavy (non-hydrogen) atoms. The molecule has 3 rings (SSSR count). The summed E-state index contributed by atoms with van der Waals surface area (Å²) in [5.41, 5.74) is 4.99. The Hall–Kier alpha value is -4.16. The Morgan fingerprint density at radius 3 is 2.41 bits per heavy atom. The largest absolute Gasteiger partial charge is 0.490 e. The Bertz CT molecular complexity index is 1350. The van der Waals surface area contributed by atoms with E-state index in [-0.39, 0.29) is 35.5 Å². The zero-order valence-electron chi connectivity index (χ0n) is 23.4.